The number of hydrogen-bond donors (Lipinski definition) is 2. The van der Waals surface area contributed by atoms with Gasteiger partial charge in [0, 0.05) is 22.9 Å². The van der Waals surface area contributed by atoms with Crippen LogP contribution in [0.2, 0.25) is 0 Å². The van der Waals surface area contributed by atoms with Crippen LogP contribution in [0.5, 0.6) is 28.7 Å². The Hall–Kier alpha value is -4.26. The summed E-state index contributed by atoms with van der Waals surface area (Å²) in [6.45, 7) is 3.16. The first kappa shape index (κ1) is 27.9. The molecule has 0 spiro atoms. The molecule has 3 aliphatic heterocycles. The lowest BCUT2D eigenvalue weighted by Gasteiger charge is -2.41. The van der Waals surface area contributed by atoms with Crippen molar-refractivity contribution in [1.82, 2.24) is 0 Å². The van der Waals surface area contributed by atoms with E-state index in [0.29, 0.717) is 50.5 Å². The largest absolute Gasteiger partial charge is 0.493 e. The fourth-order valence-electron chi connectivity index (χ4n) is 5.48. The van der Waals surface area contributed by atoms with Crippen LogP contribution in [0.4, 0.5) is 0 Å². The molecule has 3 aromatic carbocycles. The highest BCUT2D eigenvalue weighted by Crippen LogP contribution is 2.49. The van der Waals surface area contributed by atoms with E-state index < -0.39 is 42.6 Å². The zero-order chi connectivity index (χ0) is 29.7. The lowest BCUT2D eigenvalue weighted by atomic mass is 9.89. The Morgan fingerprint density at radius 1 is 0.952 bits per heavy atom. The number of carbonyl (C=O) groups is 2. The maximum absolute atomic E-state index is 13.3. The number of aliphatic hydroxyl groups excluding tert-OH is 2. The summed E-state index contributed by atoms with van der Waals surface area (Å²) in [5.74, 6) is 0.940. The second kappa shape index (κ2) is 10.9. The van der Waals surface area contributed by atoms with Gasteiger partial charge in [0.05, 0.1) is 25.9 Å². The molecule has 2 N–H and O–H groups in total. The number of ether oxygens (including phenoxy) is 8. The number of hydrogen-bond acceptors (Lipinski definition) is 12. The smallest absolute Gasteiger partial charge is 0.339 e. The van der Waals surface area contributed by atoms with Gasteiger partial charge in [-0.3, -0.25) is 4.79 Å². The lowest BCUT2D eigenvalue weighted by Crippen LogP contribution is -2.59. The van der Waals surface area contributed by atoms with Gasteiger partial charge in [-0.05, 0) is 42.1 Å². The van der Waals surface area contributed by atoms with E-state index in [4.69, 9.17) is 37.9 Å². The van der Waals surface area contributed by atoms with Gasteiger partial charge in [0.2, 0.25) is 13.1 Å². The fraction of sp³-hybridized carbons (Fsp3) is 0.400. The zero-order valence-corrected chi connectivity index (χ0v) is 23.4. The molecule has 6 rings (SSSR count). The SMILES string of the molecule is CCC(=O)O[C@H]1[C@H](O)[C@@H](C)OC(Oc2c3c(c(-c4ccc5c(c4)OCO5)c4cc(OC)c(OC)cc24)C(=O)OC3)[C@@H]1O. The Kier molecular flexibility index (Phi) is 7.21. The van der Waals surface area contributed by atoms with E-state index in [2.05, 4.69) is 0 Å². The van der Waals surface area contributed by atoms with Crippen LogP contribution in [0, 0.1) is 0 Å². The minimum Gasteiger partial charge on any atom is -0.493 e. The Bertz CT molecular complexity index is 1570. The highest BCUT2D eigenvalue weighted by atomic mass is 16.7. The molecule has 12 heteroatoms. The topological polar surface area (TPSA) is 148 Å². The number of benzene rings is 3. The summed E-state index contributed by atoms with van der Waals surface area (Å²) in [7, 11) is 2.99. The van der Waals surface area contributed by atoms with Crippen molar-refractivity contribution in [3.63, 3.8) is 0 Å². The molecular formula is C30H30O12. The summed E-state index contributed by atoms with van der Waals surface area (Å²) in [6.07, 6.45) is -6.31. The van der Waals surface area contributed by atoms with Crippen molar-refractivity contribution < 1.29 is 57.7 Å². The summed E-state index contributed by atoms with van der Waals surface area (Å²) in [5.41, 5.74) is 1.90. The Balaban J connectivity index is 1.54. The Labute approximate surface area is 240 Å². The minimum absolute atomic E-state index is 0.0528. The average molecular weight is 583 g/mol. The molecule has 0 amide bonds. The number of carbonyl (C=O) groups excluding carboxylic acids is 2. The van der Waals surface area contributed by atoms with Crippen molar-refractivity contribution in [2.75, 3.05) is 21.0 Å². The van der Waals surface area contributed by atoms with Crippen molar-refractivity contribution in [2.45, 2.75) is 57.6 Å². The number of cyclic esters (lactones) is 1. The number of esters is 2. The first-order valence-corrected chi connectivity index (χ1v) is 13.4. The zero-order valence-electron chi connectivity index (χ0n) is 23.4. The number of fused-ring (bicyclic) bond motifs is 3. The summed E-state index contributed by atoms with van der Waals surface area (Å²) in [5, 5.41) is 22.8. The molecule has 1 saturated heterocycles. The molecule has 42 heavy (non-hydrogen) atoms. The molecule has 3 heterocycles. The first-order chi connectivity index (χ1) is 20.2. The molecule has 5 atom stereocenters. The van der Waals surface area contributed by atoms with Gasteiger partial charge in [-0.25, -0.2) is 4.79 Å². The quantitative estimate of drug-likeness (QED) is 0.394. The van der Waals surface area contributed by atoms with E-state index in [0.717, 1.165) is 0 Å². The number of rotatable bonds is 7. The molecule has 3 aromatic rings. The second-order valence-corrected chi connectivity index (χ2v) is 10.1. The van der Waals surface area contributed by atoms with Crippen LogP contribution in [0.3, 0.4) is 0 Å². The maximum Gasteiger partial charge on any atom is 0.339 e. The monoisotopic (exact) mass is 582 g/mol. The second-order valence-electron chi connectivity index (χ2n) is 10.1. The highest BCUT2D eigenvalue weighted by Gasteiger charge is 2.47. The highest BCUT2D eigenvalue weighted by molar-refractivity contribution is 6.14. The van der Waals surface area contributed by atoms with Crippen LogP contribution >= 0.6 is 0 Å². The van der Waals surface area contributed by atoms with Crippen molar-refractivity contribution in [1.29, 1.82) is 0 Å². The Morgan fingerprint density at radius 2 is 1.67 bits per heavy atom. The maximum atomic E-state index is 13.3. The molecule has 12 nitrogen and oxygen atoms in total. The number of methoxy groups -OCH3 is 2. The van der Waals surface area contributed by atoms with Crippen LogP contribution in [-0.4, -0.2) is 73.9 Å². The lowest BCUT2D eigenvalue weighted by molar-refractivity contribution is -0.272. The Morgan fingerprint density at radius 3 is 2.38 bits per heavy atom. The molecule has 0 aromatic heterocycles. The van der Waals surface area contributed by atoms with Crippen LogP contribution in [0.25, 0.3) is 21.9 Å². The van der Waals surface area contributed by atoms with E-state index in [9.17, 15) is 19.8 Å². The third-order valence-corrected chi connectivity index (χ3v) is 7.65. The molecule has 3 aliphatic rings. The van der Waals surface area contributed by atoms with Gasteiger partial charge in [0.1, 0.15) is 18.5 Å². The summed E-state index contributed by atoms with van der Waals surface area (Å²) < 4.78 is 45.2. The fourth-order valence-corrected chi connectivity index (χ4v) is 5.48. The molecule has 0 bridgehead atoms. The van der Waals surface area contributed by atoms with Crippen LogP contribution < -0.4 is 23.7 Å². The molecule has 0 saturated carbocycles. The van der Waals surface area contributed by atoms with Gasteiger partial charge < -0.3 is 48.1 Å². The van der Waals surface area contributed by atoms with E-state index in [1.165, 1.54) is 14.2 Å². The van der Waals surface area contributed by atoms with Crippen LogP contribution in [0.15, 0.2) is 30.3 Å². The van der Waals surface area contributed by atoms with Crippen molar-refractivity contribution >= 4 is 22.7 Å². The van der Waals surface area contributed by atoms with Gasteiger partial charge in [-0.2, -0.15) is 0 Å². The molecule has 1 unspecified atom stereocenters. The van der Waals surface area contributed by atoms with E-state index in [-0.39, 0.29) is 31.1 Å². The van der Waals surface area contributed by atoms with E-state index in [1.54, 1.807) is 38.1 Å². The molecular weight excluding hydrogens is 552 g/mol. The van der Waals surface area contributed by atoms with Crippen LogP contribution in [0.1, 0.15) is 36.2 Å². The van der Waals surface area contributed by atoms with Gasteiger partial charge in [0.25, 0.3) is 0 Å². The third kappa shape index (κ3) is 4.52. The van der Waals surface area contributed by atoms with E-state index >= 15 is 0 Å². The van der Waals surface area contributed by atoms with Gasteiger partial charge in [-0.15, -0.1) is 0 Å². The first-order valence-electron chi connectivity index (χ1n) is 13.4. The normalized spacial score (nSPS) is 24.2. The van der Waals surface area contributed by atoms with E-state index in [1.807, 2.05) is 6.07 Å². The van der Waals surface area contributed by atoms with Crippen molar-refractivity contribution in [3.8, 4) is 39.9 Å². The average Bonchev–Trinajstić information content (AvgIpc) is 3.63. The van der Waals surface area contributed by atoms with Crippen molar-refractivity contribution in [2.24, 2.45) is 0 Å². The predicted octanol–water partition coefficient (Wildman–Crippen LogP) is 3.09. The third-order valence-electron chi connectivity index (χ3n) is 7.65. The molecule has 0 radical (unpaired) electrons. The van der Waals surface area contributed by atoms with Gasteiger partial charge in [-0.1, -0.05) is 13.0 Å². The summed E-state index contributed by atoms with van der Waals surface area (Å²) in [6, 6.07) is 8.78. The minimum atomic E-state index is -1.55. The van der Waals surface area contributed by atoms with Crippen molar-refractivity contribution in [3.05, 3.63) is 41.5 Å². The number of aliphatic hydroxyl groups is 2. The molecule has 0 aliphatic carbocycles. The standard InChI is InChI=1S/C30H30O12/c1-5-22(31)41-28-25(32)13(2)40-30(26(28)33)42-27-16-10-20(36-4)19(35-3)9-15(16)23(24-17(27)11-37-29(24)34)14-6-7-18-21(8-14)39-12-38-18/h6-10,13,25-26,28,30,32-33H,5,11-12H2,1-4H3/t13-,25-,26-,28+,30?/m1/s1. The predicted molar refractivity (Wildman–Crippen MR) is 145 cm³/mol. The molecule has 1 fully saturated rings. The summed E-state index contributed by atoms with van der Waals surface area (Å²) >= 11 is 0. The summed E-state index contributed by atoms with van der Waals surface area (Å²) in [4.78, 5) is 25.3. The molecule has 222 valence electrons. The van der Waals surface area contributed by atoms with Gasteiger partial charge in [0.15, 0.2) is 35.2 Å². The van der Waals surface area contributed by atoms with Gasteiger partial charge >= 0.3 is 11.9 Å². The van der Waals surface area contributed by atoms with Crippen LogP contribution in [-0.2, 0) is 25.6 Å².